The van der Waals surface area contributed by atoms with E-state index in [0.29, 0.717) is 10.8 Å². The summed E-state index contributed by atoms with van der Waals surface area (Å²) in [7, 11) is 0. The first-order valence-corrected chi connectivity index (χ1v) is 7.12. The van der Waals surface area contributed by atoms with Gasteiger partial charge >= 0.3 is 0 Å². The van der Waals surface area contributed by atoms with Crippen molar-refractivity contribution in [2.75, 3.05) is 0 Å². The zero-order chi connectivity index (χ0) is 15.4. The van der Waals surface area contributed by atoms with E-state index in [1.54, 1.807) is 18.2 Å². The second-order valence-electron chi connectivity index (χ2n) is 5.09. The summed E-state index contributed by atoms with van der Waals surface area (Å²) in [6, 6.07) is 8.87. The van der Waals surface area contributed by atoms with Crippen molar-refractivity contribution in [3.63, 3.8) is 0 Å². The molecule has 1 N–H and O–H groups in total. The third-order valence-electron chi connectivity index (χ3n) is 2.81. The van der Waals surface area contributed by atoms with Gasteiger partial charge < -0.3 is 14.5 Å². The van der Waals surface area contributed by atoms with Gasteiger partial charge in [-0.2, -0.15) is 0 Å². The molecule has 0 aliphatic carbocycles. The van der Waals surface area contributed by atoms with Gasteiger partial charge in [-0.25, -0.2) is 0 Å². The molecule has 0 aliphatic heterocycles. The van der Waals surface area contributed by atoms with Crippen molar-refractivity contribution in [2.45, 2.75) is 33.4 Å². The summed E-state index contributed by atoms with van der Waals surface area (Å²) >= 11 is 5.90. The summed E-state index contributed by atoms with van der Waals surface area (Å²) in [6.07, 6.45) is 0. The van der Waals surface area contributed by atoms with Gasteiger partial charge in [0.1, 0.15) is 18.1 Å². The lowest BCUT2D eigenvalue weighted by Gasteiger charge is -2.08. The van der Waals surface area contributed by atoms with Crippen molar-refractivity contribution in [2.24, 2.45) is 0 Å². The van der Waals surface area contributed by atoms with Crippen LogP contribution in [0.5, 0.6) is 5.75 Å². The summed E-state index contributed by atoms with van der Waals surface area (Å²) in [5.74, 6) is 1.40. The molecule has 2 rings (SSSR count). The van der Waals surface area contributed by atoms with Crippen LogP contribution in [0.4, 0.5) is 0 Å². The van der Waals surface area contributed by atoms with E-state index >= 15 is 0 Å². The van der Waals surface area contributed by atoms with E-state index in [1.165, 1.54) is 0 Å². The number of nitrogens with one attached hydrogen (secondary N) is 1. The molecule has 21 heavy (non-hydrogen) atoms. The maximum Gasteiger partial charge on any atom is 0.287 e. The van der Waals surface area contributed by atoms with Crippen LogP contribution in [0.25, 0.3) is 0 Å². The van der Waals surface area contributed by atoms with Crippen LogP contribution in [0.15, 0.2) is 34.7 Å². The Labute approximate surface area is 129 Å². The lowest BCUT2D eigenvalue weighted by atomic mass is 10.2. The molecule has 0 bridgehead atoms. The van der Waals surface area contributed by atoms with E-state index in [0.717, 1.165) is 11.3 Å². The van der Waals surface area contributed by atoms with Gasteiger partial charge in [-0.1, -0.05) is 11.6 Å². The number of furan rings is 1. The zero-order valence-corrected chi connectivity index (χ0v) is 13.0. The molecule has 0 saturated carbocycles. The van der Waals surface area contributed by atoms with E-state index in [1.807, 2.05) is 32.9 Å². The highest BCUT2D eigenvalue weighted by molar-refractivity contribution is 6.30. The molecule has 5 heteroatoms. The number of aryl methyl sites for hydroxylation is 1. The fraction of sp³-hybridized carbons (Fsp3) is 0.312. The molecule has 0 aliphatic rings. The third kappa shape index (κ3) is 4.26. The first-order valence-electron chi connectivity index (χ1n) is 6.74. The summed E-state index contributed by atoms with van der Waals surface area (Å²) in [4.78, 5) is 11.8. The molecular formula is C16H18ClNO3. The maximum atomic E-state index is 11.8. The van der Waals surface area contributed by atoms with Gasteiger partial charge in [0.2, 0.25) is 0 Å². The molecule has 0 atom stereocenters. The van der Waals surface area contributed by atoms with E-state index in [9.17, 15) is 4.79 Å². The normalized spacial score (nSPS) is 10.7. The van der Waals surface area contributed by atoms with E-state index < -0.39 is 0 Å². The molecule has 1 aromatic heterocycles. The van der Waals surface area contributed by atoms with Crippen molar-refractivity contribution >= 4 is 17.5 Å². The Morgan fingerprint density at radius 3 is 2.76 bits per heavy atom. The van der Waals surface area contributed by atoms with Gasteiger partial charge in [0.05, 0.1) is 0 Å². The quantitative estimate of drug-likeness (QED) is 0.909. The zero-order valence-electron chi connectivity index (χ0n) is 12.3. The first-order chi connectivity index (χ1) is 9.95. The van der Waals surface area contributed by atoms with Crippen molar-refractivity contribution < 1.29 is 13.9 Å². The monoisotopic (exact) mass is 307 g/mol. The minimum atomic E-state index is -0.223. The Bertz CT molecular complexity index is 634. The standard InChI is InChI=1S/C16H18ClNO3/c1-10(2)18-16(19)15-7-5-13(21-15)9-20-14-6-4-12(17)8-11(14)3/h4-8,10H,9H2,1-3H3,(H,18,19). The Balaban J connectivity index is 1.98. The van der Waals surface area contributed by atoms with Gasteiger partial charge in [-0.15, -0.1) is 0 Å². The first kappa shape index (κ1) is 15.4. The molecule has 0 radical (unpaired) electrons. The van der Waals surface area contributed by atoms with Crippen LogP contribution in [0.1, 0.15) is 35.7 Å². The predicted octanol–water partition coefficient (Wildman–Crippen LogP) is 3.96. The van der Waals surface area contributed by atoms with E-state index in [4.69, 9.17) is 20.8 Å². The average molecular weight is 308 g/mol. The van der Waals surface area contributed by atoms with Crippen LogP contribution < -0.4 is 10.1 Å². The van der Waals surface area contributed by atoms with Crippen molar-refractivity contribution in [1.82, 2.24) is 5.32 Å². The minimum Gasteiger partial charge on any atom is -0.485 e. The van der Waals surface area contributed by atoms with Crippen LogP contribution in [0.2, 0.25) is 5.02 Å². The van der Waals surface area contributed by atoms with Gasteiger partial charge in [0, 0.05) is 11.1 Å². The topological polar surface area (TPSA) is 51.5 Å². The highest BCUT2D eigenvalue weighted by atomic mass is 35.5. The molecule has 0 saturated heterocycles. The van der Waals surface area contributed by atoms with Crippen LogP contribution in [-0.4, -0.2) is 11.9 Å². The van der Waals surface area contributed by atoms with Gasteiger partial charge in [-0.05, 0) is 56.7 Å². The summed E-state index contributed by atoms with van der Waals surface area (Å²) in [5, 5.41) is 3.45. The maximum absolute atomic E-state index is 11.8. The molecule has 1 aromatic carbocycles. The second kappa shape index (κ2) is 6.68. The summed E-state index contributed by atoms with van der Waals surface area (Å²) in [6.45, 7) is 5.98. The minimum absolute atomic E-state index is 0.0685. The van der Waals surface area contributed by atoms with Crippen LogP contribution in [0, 0.1) is 6.92 Å². The fourth-order valence-corrected chi connectivity index (χ4v) is 2.06. The van der Waals surface area contributed by atoms with E-state index in [-0.39, 0.29) is 24.3 Å². The largest absolute Gasteiger partial charge is 0.485 e. The molecule has 1 heterocycles. The van der Waals surface area contributed by atoms with Crippen LogP contribution >= 0.6 is 11.6 Å². The smallest absolute Gasteiger partial charge is 0.287 e. The Kier molecular flexibility index (Phi) is 4.91. The number of ether oxygens (including phenoxy) is 1. The predicted molar refractivity (Wildman–Crippen MR) is 81.8 cm³/mol. The molecule has 1 amide bonds. The lowest BCUT2D eigenvalue weighted by Crippen LogP contribution is -2.29. The highest BCUT2D eigenvalue weighted by Gasteiger charge is 2.12. The highest BCUT2D eigenvalue weighted by Crippen LogP contribution is 2.23. The van der Waals surface area contributed by atoms with Crippen molar-refractivity contribution in [3.05, 3.63) is 52.4 Å². The molecule has 0 spiro atoms. The number of carbonyl (C=O) groups is 1. The van der Waals surface area contributed by atoms with Crippen LogP contribution in [-0.2, 0) is 6.61 Å². The lowest BCUT2D eigenvalue weighted by molar-refractivity contribution is 0.0911. The third-order valence-corrected chi connectivity index (χ3v) is 3.05. The van der Waals surface area contributed by atoms with Gasteiger partial charge in [0.25, 0.3) is 5.91 Å². The second-order valence-corrected chi connectivity index (χ2v) is 5.53. The molecule has 0 unspecified atom stereocenters. The van der Waals surface area contributed by atoms with Crippen LogP contribution in [0.3, 0.4) is 0 Å². The number of amides is 1. The molecule has 2 aromatic rings. The molecule has 4 nitrogen and oxygen atoms in total. The summed E-state index contributed by atoms with van der Waals surface area (Å²) < 4.78 is 11.1. The molecule has 0 fully saturated rings. The number of carbonyl (C=O) groups excluding carboxylic acids is 1. The fourth-order valence-electron chi connectivity index (χ4n) is 1.83. The number of halogens is 1. The Hall–Kier alpha value is -1.94. The SMILES string of the molecule is Cc1cc(Cl)ccc1OCc1ccc(C(=O)NC(C)C)o1. The summed E-state index contributed by atoms with van der Waals surface area (Å²) in [5.41, 5.74) is 0.951. The van der Waals surface area contributed by atoms with Gasteiger partial charge in [0.15, 0.2) is 5.76 Å². The molecular weight excluding hydrogens is 290 g/mol. The van der Waals surface area contributed by atoms with Crippen molar-refractivity contribution in [3.8, 4) is 5.75 Å². The Morgan fingerprint density at radius 1 is 1.33 bits per heavy atom. The number of hydrogen-bond acceptors (Lipinski definition) is 3. The van der Waals surface area contributed by atoms with E-state index in [2.05, 4.69) is 5.32 Å². The van der Waals surface area contributed by atoms with Gasteiger partial charge in [-0.3, -0.25) is 4.79 Å². The van der Waals surface area contributed by atoms with Crippen molar-refractivity contribution in [1.29, 1.82) is 0 Å². The Morgan fingerprint density at radius 2 is 2.10 bits per heavy atom. The number of hydrogen-bond donors (Lipinski definition) is 1. The number of rotatable bonds is 5. The average Bonchev–Trinajstić information content (AvgIpc) is 2.86. The number of benzene rings is 1. The molecule has 112 valence electrons.